The first-order valence-corrected chi connectivity index (χ1v) is 6.55. The number of nitrogens with one attached hydrogen (secondary N) is 2. The largest absolute Gasteiger partial charge is 0.384 e. The maximum absolute atomic E-state index is 7.43. The fourth-order valence-corrected chi connectivity index (χ4v) is 1.99. The van der Waals surface area contributed by atoms with Gasteiger partial charge in [-0.1, -0.05) is 48.6 Å². The molecule has 2 aromatic carbocycles. The van der Waals surface area contributed by atoms with E-state index in [-0.39, 0.29) is 36.5 Å². The Hall–Kier alpha value is -2.30. The molecule has 0 aliphatic rings. The van der Waals surface area contributed by atoms with E-state index in [1.807, 2.05) is 61.5 Å². The summed E-state index contributed by atoms with van der Waals surface area (Å²) in [6.07, 6.45) is 4.02. The number of nitrogens with two attached hydrogens (primary N) is 2. The Morgan fingerprint density at radius 3 is 1.83 bits per heavy atom. The SMILES string of the molecule is Cc1cc(C(=N)N)ccc1/C=C/c1ccc(C(=N)N)cc1.Cl.Cl. The van der Waals surface area contributed by atoms with E-state index in [0.717, 1.165) is 22.3 Å². The summed E-state index contributed by atoms with van der Waals surface area (Å²) in [5.74, 6) is 0.148. The summed E-state index contributed by atoms with van der Waals surface area (Å²) in [7, 11) is 0. The van der Waals surface area contributed by atoms with Crippen LogP contribution >= 0.6 is 24.8 Å². The van der Waals surface area contributed by atoms with Gasteiger partial charge < -0.3 is 11.5 Å². The number of amidine groups is 2. The molecule has 0 aliphatic heterocycles. The number of hydrogen-bond donors (Lipinski definition) is 4. The third-order valence-corrected chi connectivity index (χ3v) is 3.26. The third-order valence-electron chi connectivity index (χ3n) is 3.26. The smallest absolute Gasteiger partial charge is 0.122 e. The van der Waals surface area contributed by atoms with E-state index < -0.39 is 0 Å². The lowest BCUT2D eigenvalue weighted by molar-refractivity contribution is 1.38. The van der Waals surface area contributed by atoms with E-state index in [2.05, 4.69) is 0 Å². The molecule has 23 heavy (non-hydrogen) atoms. The lowest BCUT2D eigenvalue weighted by atomic mass is 10.0. The number of rotatable bonds is 4. The van der Waals surface area contributed by atoms with Crippen LogP contribution in [0.1, 0.15) is 27.8 Å². The maximum atomic E-state index is 7.43. The molecule has 0 bridgehead atoms. The maximum Gasteiger partial charge on any atom is 0.122 e. The Morgan fingerprint density at radius 1 is 0.826 bits per heavy atom. The van der Waals surface area contributed by atoms with Crippen LogP contribution in [0, 0.1) is 17.7 Å². The molecule has 0 fully saturated rings. The van der Waals surface area contributed by atoms with Gasteiger partial charge in [-0.25, -0.2) is 0 Å². The molecule has 2 aromatic rings. The quantitative estimate of drug-likeness (QED) is 0.385. The Kier molecular flexibility index (Phi) is 8.08. The Morgan fingerprint density at radius 2 is 1.35 bits per heavy atom. The minimum atomic E-state index is 0. The lowest BCUT2D eigenvalue weighted by Gasteiger charge is -2.04. The molecule has 0 radical (unpaired) electrons. The minimum absolute atomic E-state index is 0. The second-order valence-corrected chi connectivity index (χ2v) is 4.85. The molecule has 0 amide bonds. The second-order valence-electron chi connectivity index (χ2n) is 4.85. The molecule has 0 saturated heterocycles. The van der Waals surface area contributed by atoms with Crippen molar-refractivity contribution < 1.29 is 0 Å². The highest BCUT2D eigenvalue weighted by Crippen LogP contribution is 2.15. The predicted molar refractivity (Wildman–Crippen MR) is 103 cm³/mol. The average Bonchev–Trinajstić information content (AvgIpc) is 2.46. The molecular formula is C17H20Cl2N4. The summed E-state index contributed by atoms with van der Waals surface area (Å²) in [5, 5.41) is 14.8. The van der Waals surface area contributed by atoms with E-state index >= 15 is 0 Å². The number of halogens is 2. The molecule has 122 valence electrons. The van der Waals surface area contributed by atoms with Gasteiger partial charge in [-0.15, -0.1) is 24.8 Å². The first-order chi connectivity index (χ1) is 9.97. The van der Waals surface area contributed by atoms with Gasteiger partial charge in [0.25, 0.3) is 0 Å². The highest BCUT2D eigenvalue weighted by molar-refractivity contribution is 5.96. The summed E-state index contributed by atoms with van der Waals surface area (Å²) in [6.45, 7) is 1.99. The molecule has 2 rings (SSSR count). The zero-order valence-corrected chi connectivity index (χ0v) is 14.3. The molecule has 4 nitrogen and oxygen atoms in total. The molecule has 0 aliphatic carbocycles. The van der Waals surface area contributed by atoms with Gasteiger partial charge in [0.05, 0.1) is 0 Å². The van der Waals surface area contributed by atoms with Crippen LogP contribution < -0.4 is 11.5 Å². The highest BCUT2D eigenvalue weighted by atomic mass is 35.5. The van der Waals surface area contributed by atoms with Crippen molar-refractivity contribution >= 4 is 48.6 Å². The molecule has 0 heterocycles. The Labute approximate surface area is 148 Å². The molecule has 6 heteroatoms. The molecule has 0 saturated carbocycles. The van der Waals surface area contributed by atoms with Crippen molar-refractivity contribution in [2.45, 2.75) is 6.92 Å². The van der Waals surface area contributed by atoms with Crippen LogP contribution in [-0.4, -0.2) is 11.7 Å². The predicted octanol–water partition coefficient (Wildman–Crippen LogP) is 3.58. The summed E-state index contributed by atoms with van der Waals surface area (Å²) < 4.78 is 0. The number of hydrogen-bond acceptors (Lipinski definition) is 2. The number of nitrogen functional groups attached to an aromatic ring is 2. The van der Waals surface area contributed by atoms with E-state index in [9.17, 15) is 0 Å². The first kappa shape index (κ1) is 20.7. The van der Waals surface area contributed by atoms with Gasteiger partial charge in [-0.05, 0) is 29.7 Å². The lowest BCUT2D eigenvalue weighted by Crippen LogP contribution is -2.11. The second kappa shape index (κ2) is 8.98. The fraction of sp³-hybridized carbons (Fsp3) is 0.0588. The number of aryl methyl sites for hydroxylation is 1. The van der Waals surface area contributed by atoms with Crippen LogP contribution in [0.5, 0.6) is 0 Å². The van der Waals surface area contributed by atoms with Crippen molar-refractivity contribution in [3.8, 4) is 0 Å². The van der Waals surface area contributed by atoms with Crippen LogP contribution in [0.2, 0.25) is 0 Å². The molecule has 0 atom stereocenters. The van der Waals surface area contributed by atoms with Gasteiger partial charge in [-0.2, -0.15) is 0 Å². The van der Waals surface area contributed by atoms with Gasteiger partial charge in [-0.3, -0.25) is 10.8 Å². The van der Waals surface area contributed by atoms with E-state index in [4.69, 9.17) is 22.3 Å². The van der Waals surface area contributed by atoms with Crippen molar-refractivity contribution in [2.24, 2.45) is 11.5 Å². The molecule has 6 N–H and O–H groups in total. The monoisotopic (exact) mass is 350 g/mol. The molecule has 0 unspecified atom stereocenters. The van der Waals surface area contributed by atoms with Crippen LogP contribution in [0.15, 0.2) is 42.5 Å². The van der Waals surface area contributed by atoms with E-state index in [1.54, 1.807) is 0 Å². The van der Waals surface area contributed by atoms with Crippen LogP contribution in [0.4, 0.5) is 0 Å². The third kappa shape index (κ3) is 5.43. The normalized spacial score (nSPS) is 9.78. The average molecular weight is 351 g/mol. The molecule has 0 spiro atoms. The Bertz CT molecular complexity index is 722. The van der Waals surface area contributed by atoms with Crippen LogP contribution in [0.25, 0.3) is 12.2 Å². The molecule has 0 aromatic heterocycles. The van der Waals surface area contributed by atoms with E-state index in [0.29, 0.717) is 5.56 Å². The summed E-state index contributed by atoms with van der Waals surface area (Å²) in [4.78, 5) is 0. The van der Waals surface area contributed by atoms with Gasteiger partial charge in [0, 0.05) is 11.1 Å². The van der Waals surface area contributed by atoms with Crippen molar-refractivity contribution in [2.75, 3.05) is 0 Å². The summed E-state index contributed by atoms with van der Waals surface area (Å²) in [6, 6.07) is 13.2. The minimum Gasteiger partial charge on any atom is -0.384 e. The van der Waals surface area contributed by atoms with Crippen molar-refractivity contribution in [1.29, 1.82) is 10.8 Å². The summed E-state index contributed by atoms with van der Waals surface area (Å²) >= 11 is 0. The van der Waals surface area contributed by atoms with Gasteiger partial charge >= 0.3 is 0 Å². The first-order valence-electron chi connectivity index (χ1n) is 6.55. The van der Waals surface area contributed by atoms with E-state index in [1.165, 1.54) is 0 Å². The number of benzene rings is 2. The summed E-state index contributed by atoms with van der Waals surface area (Å²) in [5.41, 5.74) is 15.5. The van der Waals surface area contributed by atoms with Crippen molar-refractivity contribution in [3.63, 3.8) is 0 Å². The Balaban J connectivity index is 0.00000242. The zero-order chi connectivity index (χ0) is 15.4. The highest BCUT2D eigenvalue weighted by Gasteiger charge is 2.00. The zero-order valence-electron chi connectivity index (χ0n) is 12.7. The van der Waals surface area contributed by atoms with Gasteiger partial charge in [0.2, 0.25) is 0 Å². The van der Waals surface area contributed by atoms with Crippen LogP contribution in [-0.2, 0) is 0 Å². The van der Waals surface area contributed by atoms with Crippen LogP contribution in [0.3, 0.4) is 0 Å². The standard InChI is InChI=1S/C17H18N4.2ClH/c1-11-10-15(17(20)21)9-8-13(11)5-2-12-3-6-14(7-4-12)16(18)19;;/h2-10H,1H3,(H3,18,19)(H3,20,21);2*1H/b5-2+;;. The van der Waals surface area contributed by atoms with Crippen molar-refractivity contribution in [1.82, 2.24) is 0 Å². The van der Waals surface area contributed by atoms with Crippen molar-refractivity contribution in [3.05, 3.63) is 70.3 Å². The van der Waals surface area contributed by atoms with Gasteiger partial charge in [0.15, 0.2) is 0 Å². The van der Waals surface area contributed by atoms with Gasteiger partial charge in [0.1, 0.15) is 11.7 Å². The topological polar surface area (TPSA) is 99.7 Å². The fourth-order valence-electron chi connectivity index (χ4n) is 1.99. The molecular weight excluding hydrogens is 331 g/mol.